The number of benzene rings is 2. The fraction of sp³-hybridized carbons (Fsp3) is 0.435. The number of hydrogen-bond donors (Lipinski definition) is 2. The zero-order valence-electron chi connectivity index (χ0n) is 17.8. The van der Waals surface area contributed by atoms with Crippen molar-refractivity contribution in [2.75, 3.05) is 34.4 Å². The number of amides is 1. The van der Waals surface area contributed by atoms with Crippen LogP contribution in [0.3, 0.4) is 0 Å². The molecule has 0 saturated heterocycles. The summed E-state index contributed by atoms with van der Waals surface area (Å²) < 4.78 is 11.2. The van der Waals surface area contributed by atoms with Gasteiger partial charge < -0.3 is 19.7 Å². The molecular weight excluding hydrogens is 352 g/mol. The third kappa shape index (κ3) is 5.99. The van der Waals surface area contributed by atoms with E-state index in [9.17, 15) is 4.79 Å². The first kappa shape index (κ1) is 21.8. The molecule has 0 fully saturated rings. The van der Waals surface area contributed by atoms with Gasteiger partial charge >= 0.3 is 0 Å². The Labute approximate surface area is 168 Å². The standard InChI is InChI=1S/C23H32N2O3/c1-16(2)20-11-10-17(3)12-22(20)28-15-23(26)24-14-21(25(4)5)18-8-7-9-19(13-18)27-6/h7-13,16,21H,14-15H2,1-6H3,(H,24,26)/p+1/t21-/m1/s1. The number of ether oxygens (including phenoxy) is 2. The number of rotatable bonds is 9. The monoisotopic (exact) mass is 385 g/mol. The Bertz CT molecular complexity index is 787. The lowest BCUT2D eigenvalue weighted by atomic mass is 10.0. The van der Waals surface area contributed by atoms with E-state index in [4.69, 9.17) is 9.47 Å². The van der Waals surface area contributed by atoms with E-state index in [-0.39, 0.29) is 18.6 Å². The van der Waals surface area contributed by atoms with Crippen LogP contribution in [0.25, 0.3) is 0 Å². The predicted molar refractivity (Wildman–Crippen MR) is 112 cm³/mol. The first-order valence-corrected chi connectivity index (χ1v) is 9.75. The Morgan fingerprint density at radius 1 is 1.14 bits per heavy atom. The van der Waals surface area contributed by atoms with Crippen LogP contribution in [0, 0.1) is 6.92 Å². The summed E-state index contributed by atoms with van der Waals surface area (Å²) in [5.41, 5.74) is 3.36. The minimum absolute atomic E-state index is 0.0107. The highest BCUT2D eigenvalue weighted by molar-refractivity contribution is 5.77. The van der Waals surface area contributed by atoms with E-state index >= 15 is 0 Å². The van der Waals surface area contributed by atoms with Gasteiger partial charge in [-0.2, -0.15) is 0 Å². The first-order chi connectivity index (χ1) is 13.3. The average molecular weight is 386 g/mol. The van der Waals surface area contributed by atoms with Gasteiger partial charge in [-0.05, 0) is 42.2 Å². The molecule has 0 heterocycles. The van der Waals surface area contributed by atoms with Crippen LogP contribution in [0.15, 0.2) is 42.5 Å². The zero-order chi connectivity index (χ0) is 20.7. The fourth-order valence-electron chi connectivity index (χ4n) is 3.17. The highest BCUT2D eigenvalue weighted by Gasteiger charge is 2.19. The average Bonchev–Trinajstić information content (AvgIpc) is 2.66. The molecule has 0 spiro atoms. The van der Waals surface area contributed by atoms with Crippen molar-refractivity contribution in [1.82, 2.24) is 5.32 Å². The highest BCUT2D eigenvalue weighted by atomic mass is 16.5. The summed E-state index contributed by atoms with van der Waals surface area (Å²) >= 11 is 0. The summed E-state index contributed by atoms with van der Waals surface area (Å²) in [5.74, 6) is 1.82. The van der Waals surface area contributed by atoms with Crippen LogP contribution in [0.4, 0.5) is 0 Å². The van der Waals surface area contributed by atoms with E-state index in [1.54, 1.807) is 7.11 Å². The molecule has 2 N–H and O–H groups in total. The summed E-state index contributed by atoms with van der Waals surface area (Å²) in [7, 11) is 5.81. The number of methoxy groups -OCH3 is 1. The third-order valence-corrected chi connectivity index (χ3v) is 4.85. The van der Waals surface area contributed by atoms with Gasteiger partial charge in [0.15, 0.2) is 6.61 Å². The minimum Gasteiger partial charge on any atom is -0.497 e. The smallest absolute Gasteiger partial charge is 0.258 e. The molecule has 0 aliphatic heterocycles. The molecule has 0 unspecified atom stereocenters. The van der Waals surface area contributed by atoms with E-state index in [2.05, 4.69) is 51.5 Å². The van der Waals surface area contributed by atoms with Gasteiger partial charge in [0.05, 0.1) is 27.7 Å². The van der Waals surface area contributed by atoms with Crippen LogP contribution in [0.5, 0.6) is 11.5 Å². The molecule has 28 heavy (non-hydrogen) atoms. The van der Waals surface area contributed by atoms with E-state index in [0.717, 1.165) is 28.2 Å². The number of nitrogens with one attached hydrogen (secondary N) is 2. The van der Waals surface area contributed by atoms with Gasteiger partial charge in [0.2, 0.25) is 0 Å². The molecule has 5 heteroatoms. The Balaban J connectivity index is 1.98. The lowest BCUT2D eigenvalue weighted by molar-refractivity contribution is -0.890. The Hall–Kier alpha value is -2.53. The van der Waals surface area contributed by atoms with Gasteiger partial charge in [-0.1, -0.05) is 38.1 Å². The summed E-state index contributed by atoms with van der Waals surface area (Å²) in [5, 5.41) is 3.01. The molecule has 0 radical (unpaired) electrons. The Morgan fingerprint density at radius 3 is 2.54 bits per heavy atom. The van der Waals surface area contributed by atoms with Gasteiger partial charge in [-0.15, -0.1) is 0 Å². The van der Waals surface area contributed by atoms with Crippen LogP contribution in [-0.2, 0) is 4.79 Å². The number of likely N-dealkylation sites (N-methyl/N-ethyl adjacent to an activating group) is 1. The topological polar surface area (TPSA) is 52.0 Å². The van der Waals surface area contributed by atoms with Crippen molar-refractivity contribution in [2.45, 2.75) is 32.7 Å². The van der Waals surface area contributed by atoms with Gasteiger partial charge in [-0.3, -0.25) is 4.79 Å². The predicted octanol–water partition coefficient (Wildman–Crippen LogP) is 2.51. The minimum atomic E-state index is -0.120. The van der Waals surface area contributed by atoms with Crippen molar-refractivity contribution in [3.8, 4) is 11.5 Å². The second-order valence-corrected chi connectivity index (χ2v) is 7.70. The second-order valence-electron chi connectivity index (χ2n) is 7.70. The lowest BCUT2D eigenvalue weighted by Gasteiger charge is -2.23. The van der Waals surface area contributed by atoms with Crippen LogP contribution in [-0.4, -0.2) is 40.3 Å². The molecule has 0 bridgehead atoms. The summed E-state index contributed by atoms with van der Waals surface area (Å²) in [4.78, 5) is 13.6. The van der Waals surface area contributed by atoms with E-state index in [0.29, 0.717) is 12.5 Å². The van der Waals surface area contributed by atoms with Crippen molar-refractivity contribution in [3.63, 3.8) is 0 Å². The summed E-state index contributed by atoms with van der Waals surface area (Å²) in [6, 6.07) is 14.2. The van der Waals surface area contributed by atoms with E-state index in [1.807, 2.05) is 31.2 Å². The maximum Gasteiger partial charge on any atom is 0.258 e. The number of hydrogen-bond acceptors (Lipinski definition) is 3. The van der Waals surface area contributed by atoms with E-state index < -0.39 is 0 Å². The molecule has 0 aliphatic rings. The largest absolute Gasteiger partial charge is 0.497 e. The normalized spacial score (nSPS) is 12.1. The van der Waals surface area contributed by atoms with Gasteiger partial charge in [0.1, 0.15) is 17.5 Å². The molecule has 0 aromatic heterocycles. The molecule has 2 aromatic carbocycles. The van der Waals surface area contributed by atoms with Gasteiger partial charge in [-0.25, -0.2) is 0 Å². The number of quaternary nitrogens is 1. The molecule has 0 aliphatic carbocycles. The molecule has 1 amide bonds. The number of aryl methyl sites for hydroxylation is 1. The van der Waals surface area contributed by atoms with Crippen molar-refractivity contribution in [3.05, 3.63) is 59.2 Å². The number of carbonyl (C=O) groups is 1. The third-order valence-electron chi connectivity index (χ3n) is 4.85. The highest BCUT2D eigenvalue weighted by Crippen LogP contribution is 2.27. The van der Waals surface area contributed by atoms with Crippen molar-refractivity contribution >= 4 is 5.91 Å². The zero-order valence-corrected chi connectivity index (χ0v) is 17.8. The quantitative estimate of drug-likeness (QED) is 0.697. The maximum absolute atomic E-state index is 12.4. The van der Waals surface area contributed by atoms with Crippen LogP contribution in [0.2, 0.25) is 0 Å². The fourth-order valence-corrected chi connectivity index (χ4v) is 3.17. The van der Waals surface area contributed by atoms with E-state index in [1.165, 1.54) is 4.90 Å². The Kier molecular flexibility index (Phi) is 7.88. The van der Waals surface area contributed by atoms with Crippen LogP contribution in [0.1, 0.15) is 42.5 Å². The molecule has 5 nitrogen and oxygen atoms in total. The summed E-state index contributed by atoms with van der Waals surface area (Å²) in [6.45, 7) is 6.81. The van der Waals surface area contributed by atoms with Gasteiger partial charge in [0.25, 0.3) is 5.91 Å². The second kappa shape index (κ2) is 10.1. The molecule has 2 aromatic rings. The van der Waals surface area contributed by atoms with Crippen LogP contribution < -0.4 is 19.7 Å². The first-order valence-electron chi connectivity index (χ1n) is 9.75. The molecule has 1 atom stereocenters. The lowest BCUT2D eigenvalue weighted by Crippen LogP contribution is -3.07. The van der Waals surface area contributed by atoms with Crippen LogP contribution >= 0.6 is 0 Å². The number of carbonyl (C=O) groups excluding carboxylic acids is 1. The molecule has 0 saturated carbocycles. The SMILES string of the molecule is COc1cccc([C@@H](CNC(=O)COc2cc(C)ccc2C(C)C)[NH+](C)C)c1. The summed E-state index contributed by atoms with van der Waals surface area (Å²) in [6.07, 6.45) is 0. The van der Waals surface area contributed by atoms with Gasteiger partial charge in [0, 0.05) is 5.56 Å². The van der Waals surface area contributed by atoms with Crippen molar-refractivity contribution in [1.29, 1.82) is 0 Å². The van der Waals surface area contributed by atoms with Crippen molar-refractivity contribution < 1.29 is 19.2 Å². The molecule has 152 valence electrons. The Morgan fingerprint density at radius 2 is 1.89 bits per heavy atom. The maximum atomic E-state index is 12.4. The van der Waals surface area contributed by atoms with Crippen molar-refractivity contribution in [2.24, 2.45) is 0 Å². The molecular formula is C23H33N2O3+. The molecule has 2 rings (SSSR count).